The molecule has 1 atom stereocenters. The third-order valence-corrected chi connectivity index (χ3v) is 6.93. The second-order valence-corrected chi connectivity index (χ2v) is 9.51. The van der Waals surface area contributed by atoms with Crippen molar-refractivity contribution >= 4 is 16.9 Å². The molecule has 1 aliphatic carbocycles. The number of nitrogens with zero attached hydrogens (tertiary/aromatic N) is 2. The van der Waals surface area contributed by atoms with Crippen molar-refractivity contribution in [2.45, 2.75) is 57.0 Å². The van der Waals surface area contributed by atoms with Gasteiger partial charge >= 0.3 is 0 Å². The third-order valence-electron chi connectivity index (χ3n) is 6.93. The van der Waals surface area contributed by atoms with Crippen molar-refractivity contribution in [1.82, 2.24) is 15.0 Å². The summed E-state index contributed by atoms with van der Waals surface area (Å²) < 4.78 is 1.51. The highest BCUT2D eigenvalue weighted by Gasteiger charge is 2.24. The average Bonchev–Trinajstić information content (AvgIpc) is 2.93. The normalized spacial score (nSPS) is 14.9. The highest BCUT2D eigenvalue weighted by Crippen LogP contribution is 2.19. The lowest BCUT2D eigenvalue weighted by atomic mass is 9.95. The summed E-state index contributed by atoms with van der Waals surface area (Å²) in [5, 5.41) is 3.26. The molecule has 1 aromatic heterocycles. The van der Waals surface area contributed by atoms with E-state index in [-0.39, 0.29) is 17.5 Å². The molecule has 0 spiro atoms. The van der Waals surface area contributed by atoms with Crippen molar-refractivity contribution in [1.29, 1.82) is 0 Å². The molecule has 1 unspecified atom stereocenters. The Morgan fingerprint density at radius 2 is 1.56 bits per heavy atom. The summed E-state index contributed by atoms with van der Waals surface area (Å²) in [7, 11) is 0. The number of hydrogen-bond acceptors (Lipinski definition) is 4. The number of hydrogen-bond donors (Lipinski definition) is 2. The maximum absolute atomic E-state index is 13.7. The first-order valence-corrected chi connectivity index (χ1v) is 12.9. The molecular weight excluding hydrogens is 448 g/mol. The minimum Gasteiger partial charge on any atom is -0.352 e. The van der Waals surface area contributed by atoms with E-state index >= 15 is 0 Å². The van der Waals surface area contributed by atoms with Crippen molar-refractivity contribution in [2.75, 3.05) is 5.43 Å². The van der Waals surface area contributed by atoms with Gasteiger partial charge in [0.2, 0.25) is 5.91 Å². The van der Waals surface area contributed by atoms with E-state index in [9.17, 15) is 9.59 Å². The number of carbonyl (C=O) groups is 1. The monoisotopic (exact) mass is 480 g/mol. The molecule has 0 radical (unpaired) electrons. The van der Waals surface area contributed by atoms with Crippen LogP contribution in [0.3, 0.4) is 0 Å². The minimum atomic E-state index is -0.570. The van der Waals surface area contributed by atoms with E-state index in [1.54, 1.807) is 0 Å². The number of aromatic nitrogens is 2. The number of aryl methyl sites for hydroxylation is 1. The second-order valence-electron chi connectivity index (χ2n) is 9.51. The highest BCUT2D eigenvalue weighted by molar-refractivity contribution is 5.84. The highest BCUT2D eigenvalue weighted by atomic mass is 16.2. The summed E-state index contributed by atoms with van der Waals surface area (Å²) in [6.07, 6.45) is 6.81. The van der Waals surface area contributed by atoms with Gasteiger partial charge in [-0.05, 0) is 43.4 Å². The second kappa shape index (κ2) is 11.2. The molecule has 6 nitrogen and oxygen atoms in total. The van der Waals surface area contributed by atoms with E-state index in [1.165, 1.54) is 11.1 Å². The molecule has 36 heavy (non-hydrogen) atoms. The standard InChI is InChI=1S/C30H32N4O2/c35-29(31-24-16-8-3-9-17-24)26(21-20-22-12-4-1-5-13-22)33-34-27-19-11-10-18-25(27)32-28(30(34)36)23-14-6-2-7-15-23/h1-2,4-7,10-15,18-19,24,26,33H,3,8-9,16-17,20-21H2,(H,31,35). The zero-order valence-corrected chi connectivity index (χ0v) is 20.4. The Morgan fingerprint density at radius 1 is 0.889 bits per heavy atom. The van der Waals surface area contributed by atoms with E-state index in [1.807, 2.05) is 72.8 Å². The molecule has 1 amide bonds. The van der Waals surface area contributed by atoms with E-state index < -0.39 is 6.04 Å². The fourth-order valence-electron chi connectivity index (χ4n) is 4.96. The number of carbonyl (C=O) groups excluding carboxylic acids is 1. The van der Waals surface area contributed by atoms with Gasteiger partial charge in [-0.3, -0.25) is 9.59 Å². The minimum absolute atomic E-state index is 0.0631. The first kappa shape index (κ1) is 23.8. The van der Waals surface area contributed by atoms with Crippen molar-refractivity contribution < 1.29 is 4.79 Å². The quantitative estimate of drug-likeness (QED) is 0.370. The molecule has 1 saturated carbocycles. The van der Waals surface area contributed by atoms with Gasteiger partial charge in [0.1, 0.15) is 11.7 Å². The van der Waals surface area contributed by atoms with Crippen LogP contribution in [0.5, 0.6) is 0 Å². The Kier molecular flexibility index (Phi) is 7.41. The van der Waals surface area contributed by atoms with Gasteiger partial charge in [-0.25, -0.2) is 9.66 Å². The summed E-state index contributed by atoms with van der Waals surface area (Å²) in [6.45, 7) is 0. The molecule has 0 saturated heterocycles. The van der Waals surface area contributed by atoms with Crippen LogP contribution in [0, 0.1) is 0 Å². The van der Waals surface area contributed by atoms with E-state index in [0.29, 0.717) is 23.1 Å². The van der Waals surface area contributed by atoms with Crippen LogP contribution in [-0.4, -0.2) is 27.7 Å². The molecule has 1 aliphatic rings. The lowest BCUT2D eigenvalue weighted by Gasteiger charge is -2.27. The molecule has 6 heteroatoms. The Morgan fingerprint density at radius 3 is 2.31 bits per heavy atom. The molecule has 0 aliphatic heterocycles. The number of fused-ring (bicyclic) bond motifs is 1. The summed E-state index contributed by atoms with van der Waals surface area (Å²) >= 11 is 0. The van der Waals surface area contributed by atoms with Gasteiger partial charge in [0.15, 0.2) is 0 Å². The zero-order chi connectivity index (χ0) is 24.7. The van der Waals surface area contributed by atoms with Crippen molar-refractivity contribution in [3.63, 3.8) is 0 Å². The van der Waals surface area contributed by atoms with Gasteiger partial charge in [0, 0.05) is 11.6 Å². The van der Waals surface area contributed by atoms with Crippen LogP contribution in [-0.2, 0) is 11.2 Å². The Bertz CT molecular complexity index is 1360. The lowest BCUT2D eigenvalue weighted by molar-refractivity contribution is -0.123. The predicted molar refractivity (Wildman–Crippen MR) is 144 cm³/mol. The first-order chi connectivity index (χ1) is 17.7. The predicted octanol–water partition coefficient (Wildman–Crippen LogP) is 5.06. The van der Waals surface area contributed by atoms with Crippen molar-refractivity contribution in [2.24, 2.45) is 0 Å². The summed E-state index contributed by atoms with van der Waals surface area (Å²) in [4.78, 5) is 31.9. The van der Waals surface area contributed by atoms with Crippen LogP contribution < -0.4 is 16.3 Å². The number of amides is 1. The first-order valence-electron chi connectivity index (χ1n) is 12.9. The number of nitrogens with one attached hydrogen (secondary N) is 2. The number of para-hydroxylation sites is 2. The SMILES string of the molecule is O=C(NC1CCCCC1)C(CCc1ccccc1)Nn1c(=O)c(-c2ccccc2)nc2ccccc21. The topological polar surface area (TPSA) is 76.0 Å². The fourth-order valence-corrected chi connectivity index (χ4v) is 4.96. The molecule has 2 N–H and O–H groups in total. The van der Waals surface area contributed by atoms with Gasteiger partial charge < -0.3 is 10.7 Å². The van der Waals surface area contributed by atoms with Gasteiger partial charge in [0.25, 0.3) is 5.56 Å². The van der Waals surface area contributed by atoms with Crippen LogP contribution in [0.15, 0.2) is 89.7 Å². The summed E-state index contributed by atoms with van der Waals surface area (Å²) in [5.41, 5.74) is 6.65. The summed E-state index contributed by atoms with van der Waals surface area (Å²) in [5.74, 6) is -0.0631. The Hall–Kier alpha value is -3.93. The van der Waals surface area contributed by atoms with E-state index in [2.05, 4.69) is 27.9 Å². The van der Waals surface area contributed by atoms with Gasteiger partial charge in [0.05, 0.1) is 11.0 Å². The van der Waals surface area contributed by atoms with Crippen LogP contribution >= 0.6 is 0 Å². The Balaban J connectivity index is 1.50. The van der Waals surface area contributed by atoms with Gasteiger partial charge in [-0.2, -0.15) is 0 Å². The Labute approximate surface area is 211 Å². The number of rotatable bonds is 8. The number of benzene rings is 3. The molecule has 4 aromatic rings. The molecule has 0 bridgehead atoms. The smallest absolute Gasteiger partial charge is 0.295 e. The lowest BCUT2D eigenvalue weighted by Crippen LogP contribution is -2.49. The maximum atomic E-state index is 13.7. The largest absolute Gasteiger partial charge is 0.352 e. The van der Waals surface area contributed by atoms with Gasteiger partial charge in [-0.15, -0.1) is 0 Å². The van der Waals surface area contributed by atoms with Crippen LogP contribution in [0.1, 0.15) is 44.1 Å². The zero-order valence-electron chi connectivity index (χ0n) is 20.4. The summed E-state index contributed by atoms with van der Waals surface area (Å²) in [6, 6.07) is 26.8. The molecule has 1 fully saturated rings. The van der Waals surface area contributed by atoms with E-state index in [0.717, 1.165) is 43.2 Å². The molecular formula is C30H32N4O2. The van der Waals surface area contributed by atoms with Crippen LogP contribution in [0.2, 0.25) is 0 Å². The van der Waals surface area contributed by atoms with E-state index in [4.69, 9.17) is 0 Å². The molecule has 5 rings (SSSR count). The van der Waals surface area contributed by atoms with Crippen molar-refractivity contribution in [3.05, 3.63) is 101 Å². The third kappa shape index (κ3) is 5.48. The molecule has 184 valence electrons. The van der Waals surface area contributed by atoms with Crippen LogP contribution in [0.25, 0.3) is 22.3 Å². The van der Waals surface area contributed by atoms with Crippen LogP contribution in [0.4, 0.5) is 0 Å². The molecule has 3 aromatic carbocycles. The van der Waals surface area contributed by atoms with Crippen molar-refractivity contribution in [3.8, 4) is 11.3 Å². The molecule has 1 heterocycles. The van der Waals surface area contributed by atoms with Gasteiger partial charge in [-0.1, -0.05) is 92.1 Å². The maximum Gasteiger partial charge on any atom is 0.295 e. The fraction of sp³-hybridized carbons (Fsp3) is 0.300. The average molecular weight is 481 g/mol.